The van der Waals surface area contributed by atoms with E-state index in [0.29, 0.717) is 18.0 Å². The molecule has 0 fully saturated rings. The number of hydrogen-bond acceptors (Lipinski definition) is 2. The van der Waals surface area contributed by atoms with Crippen molar-refractivity contribution in [1.82, 2.24) is 0 Å². The van der Waals surface area contributed by atoms with Gasteiger partial charge in [0.15, 0.2) is 0 Å². The molecule has 1 aliphatic heterocycles. The summed E-state index contributed by atoms with van der Waals surface area (Å²) in [5.74, 6) is 0.265. The predicted octanol–water partition coefficient (Wildman–Crippen LogP) is 3.90. The summed E-state index contributed by atoms with van der Waals surface area (Å²) in [4.78, 5) is 2.25. The fraction of sp³-hybridized carbons (Fsp3) is 0.278. The molecule has 106 valence electrons. The molecule has 2 aromatic carbocycles. The number of hydrogen-bond donors (Lipinski definition) is 0. The number of benzene rings is 2. The third-order valence-corrected chi connectivity index (χ3v) is 3.98. The van der Waals surface area contributed by atoms with Crippen LogP contribution in [0.25, 0.3) is 0 Å². The van der Waals surface area contributed by atoms with E-state index in [1.807, 2.05) is 6.07 Å². The van der Waals surface area contributed by atoms with E-state index in [1.54, 1.807) is 6.07 Å². The van der Waals surface area contributed by atoms with Crippen molar-refractivity contribution in [3.63, 3.8) is 0 Å². The van der Waals surface area contributed by atoms with Crippen LogP contribution in [0.4, 0.5) is 10.1 Å². The number of para-hydroxylation sites is 1. The minimum absolute atomic E-state index is 0.289. The van der Waals surface area contributed by atoms with Crippen LogP contribution in [-0.2, 0) is 13.0 Å². The summed E-state index contributed by atoms with van der Waals surface area (Å²) in [5.41, 5.74) is 3.82. The molecule has 0 bridgehead atoms. The summed E-state index contributed by atoms with van der Waals surface area (Å²) in [5, 5.41) is 9.20. The average Bonchev–Trinajstić information content (AvgIpc) is 2.47. The minimum Gasteiger partial charge on any atom is -0.367 e. The first-order valence-corrected chi connectivity index (χ1v) is 7.18. The van der Waals surface area contributed by atoms with Crippen LogP contribution in [0.5, 0.6) is 0 Å². The Morgan fingerprint density at radius 1 is 1.29 bits per heavy atom. The largest absolute Gasteiger partial charge is 0.367 e. The van der Waals surface area contributed by atoms with Crippen molar-refractivity contribution in [3.8, 4) is 6.07 Å². The van der Waals surface area contributed by atoms with Gasteiger partial charge in [0.05, 0.1) is 11.6 Å². The number of nitrogens with zero attached hydrogens (tertiary/aromatic N) is 2. The summed E-state index contributed by atoms with van der Waals surface area (Å²) in [7, 11) is 0. The van der Waals surface area contributed by atoms with Crippen molar-refractivity contribution in [2.45, 2.75) is 19.9 Å². The van der Waals surface area contributed by atoms with E-state index in [-0.39, 0.29) is 5.82 Å². The average molecular weight is 280 g/mol. The van der Waals surface area contributed by atoms with Gasteiger partial charge < -0.3 is 4.90 Å². The molecular weight excluding hydrogens is 263 g/mol. The fourth-order valence-corrected chi connectivity index (χ4v) is 3.06. The Kier molecular flexibility index (Phi) is 3.62. The van der Waals surface area contributed by atoms with Crippen LogP contribution in [0.1, 0.15) is 23.6 Å². The topological polar surface area (TPSA) is 27.0 Å². The summed E-state index contributed by atoms with van der Waals surface area (Å²) < 4.78 is 13.5. The van der Waals surface area contributed by atoms with Gasteiger partial charge in [0.2, 0.25) is 0 Å². The van der Waals surface area contributed by atoms with Gasteiger partial charge in [-0.3, -0.25) is 0 Å². The molecule has 1 unspecified atom stereocenters. The molecule has 0 saturated carbocycles. The second-order valence-electron chi connectivity index (χ2n) is 5.73. The summed E-state index contributed by atoms with van der Waals surface area (Å²) in [6, 6.07) is 14.9. The van der Waals surface area contributed by atoms with Gasteiger partial charge in [0.25, 0.3) is 0 Å². The molecule has 2 aromatic rings. The number of halogens is 1. The highest BCUT2D eigenvalue weighted by atomic mass is 19.1. The van der Waals surface area contributed by atoms with Crippen molar-refractivity contribution in [2.75, 3.05) is 11.4 Å². The molecule has 0 aromatic heterocycles. The third kappa shape index (κ3) is 2.75. The first-order chi connectivity index (χ1) is 10.2. The standard InChI is InChI=1S/C18H17FN2/c1-13-8-14-4-2-3-5-18(14)21(11-13)12-16-9-17(19)7-6-15(16)10-20/h2-7,9,13H,8,11-12H2,1H3. The lowest BCUT2D eigenvalue weighted by molar-refractivity contribution is 0.529. The molecule has 0 spiro atoms. The molecular formula is C18H17FN2. The lowest BCUT2D eigenvalue weighted by Crippen LogP contribution is -2.34. The molecule has 0 radical (unpaired) electrons. The van der Waals surface area contributed by atoms with E-state index in [0.717, 1.165) is 18.5 Å². The third-order valence-electron chi connectivity index (χ3n) is 3.98. The second-order valence-corrected chi connectivity index (χ2v) is 5.73. The first kappa shape index (κ1) is 13.6. The smallest absolute Gasteiger partial charge is 0.123 e. The monoisotopic (exact) mass is 280 g/mol. The Morgan fingerprint density at radius 3 is 2.90 bits per heavy atom. The SMILES string of the molecule is CC1Cc2ccccc2N(Cc2cc(F)ccc2C#N)C1. The highest BCUT2D eigenvalue weighted by Crippen LogP contribution is 2.31. The maximum absolute atomic E-state index is 13.5. The van der Waals surface area contributed by atoms with Gasteiger partial charge >= 0.3 is 0 Å². The van der Waals surface area contributed by atoms with Crippen molar-refractivity contribution in [1.29, 1.82) is 5.26 Å². The van der Waals surface area contributed by atoms with Crippen molar-refractivity contribution in [2.24, 2.45) is 5.92 Å². The Balaban J connectivity index is 1.96. The molecule has 3 rings (SSSR count). The van der Waals surface area contributed by atoms with E-state index in [2.05, 4.69) is 36.1 Å². The van der Waals surface area contributed by atoms with Crippen LogP contribution in [0.3, 0.4) is 0 Å². The van der Waals surface area contributed by atoms with E-state index in [4.69, 9.17) is 0 Å². The molecule has 21 heavy (non-hydrogen) atoms. The van der Waals surface area contributed by atoms with Crippen LogP contribution in [-0.4, -0.2) is 6.54 Å². The number of rotatable bonds is 2. The van der Waals surface area contributed by atoms with E-state index in [9.17, 15) is 9.65 Å². The molecule has 0 amide bonds. The van der Waals surface area contributed by atoms with Crippen molar-refractivity contribution < 1.29 is 4.39 Å². The normalized spacial score (nSPS) is 17.2. The first-order valence-electron chi connectivity index (χ1n) is 7.18. The number of anilines is 1. The van der Waals surface area contributed by atoms with Gasteiger partial charge in [-0.05, 0) is 47.7 Å². The van der Waals surface area contributed by atoms with Crippen LogP contribution >= 0.6 is 0 Å². The van der Waals surface area contributed by atoms with Gasteiger partial charge in [0.1, 0.15) is 5.82 Å². The molecule has 2 nitrogen and oxygen atoms in total. The number of fused-ring (bicyclic) bond motifs is 1. The predicted molar refractivity (Wildman–Crippen MR) is 81.5 cm³/mol. The van der Waals surface area contributed by atoms with Crippen LogP contribution in [0.2, 0.25) is 0 Å². The van der Waals surface area contributed by atoms with Gasteiger partial charge in [-0.25, -0.2) is 4.39 Å². The van der Waals surface area contributed by atoms with E-state index >= 15 is 0 Å². The van der Waals surface area contributed by atoms with Gasteiger partial charge in [-0.15, -0.1) is 0 Å². The zero-order chi connectivity index (χ0) is 14.8. The molecule has 0 saturated heterocycles. The van der Waals surface area contributed by atoms with Crippen LogP contribution in [0.15, 0.2) is 42.5 Å². The molecule has 1 aliphatic rings. The Hall–Kier alpha value is -2.34. The zero-order valence-electron chi connectivity index (χ0n) is 12.0. The minimum atomic E-state index is -0.289. The molecule has 0 N–H and O–H groups in total. The maximum atomic E-state index is 13.5. The van der Waals surface area contributed by atoms with Gasteiger partial charge in [0, 0.05) is 18.8 Å². The maximum Gasteiger partial charge on any atom is 0.123 e. The Morgan fingerprint density at radius 2 is 2.10 bits per heavy atom. The molecule has 3 heteroatoms. The van der Waals surface area contributed by atoms with Crippen LogP contribution < -0.4 is 4.90 Å². The molecule has 1 heterocycles. The van der Waals surface area contributed by atoms with Crippen molar-refractivity contribution >= 4 is 5.69 Å². The lowest BCUT2D eigenvalue weighted by atomic mass is 9.93. The quantitative estimate of drug-likeness (QED) is 0.834. The highest BCUT2D eigenvalue weighted by Gasteiger charge is 2.22. The lowest BCUT2D eigenvalue weighted by Gasteiger charge is -2.35. The summed E-state index contributed by atoms with van der Waals surface area (Å²) >= 11 is 0. The number of nitriles is 1. The Labute approximate surface area is 124 Å². The Bertz CT molecular complexity index is 703. The fourth-order valence-electron chi connectivity index (χ4n) is 3.06. The summed E-state index contributed by atoms with van der Waals surface area (Å²) in [6.07, 6.45) is 1.07. The second kappa shape index (κ2) is 5.57. The molecule has 1 atom stereocenters. The highest BCUT2D eigenvalue weighted by molar-refractivity contribution is 5.56. The van der Waals surface area contributed by atoms with E-state index in [1.165, 1.54) is 23.4 Å². The van der Waals surface area contributed by atoms with Crippen molar-refractivity contribution in [3.05, 3.63) is 65.0 Å². The van der Waals surface area contributed by atoms with Gasteiger partial charge in [-0.2, -0.15) is 5.26 Å². The van der Waals surface area contributed by atoms with Crippen LogP contribution in [0, 0.1) is 23.1 Å². The van der Waals surface area contributed by atoms with E-state index < -0.39 is 0 Å². The summed E-state index contributed by atoms with van der Waals surface area (Å²) in [6.45, 7) is 3.72. The zero-order valence-corrected chi connectivity index (χ0v) is 12.0. The van der Waals surface area contributed by atoms with Gasteiger partial charge in [-0.1, -0.05) is 25.1 Å². The molecule has 0 aliphatic carbocycles.